The zero-order valence-corrected chi connectivity index (χ0v) is 17.0. The van der Waals surface area contributed by atoms with Crippen LogP contribution < -0.4 is 5.32 Å². The smallest absolute Gasteiger partial charge is 0.254 e. The molecule has 0 bridgehead atoms. The predicted molar refractivity (Wildman–Crippen MR) is 118 cm³/mol. The number of carbonyl (C=O) groups is 2. The van der Waals surface area contributed by atoms with Crippen molar-refractivity contribution in [3.63, 3.8) is 0 Å². The van der Waals surface area contributed by atoms with Gasteiger partial charge in [-0.1, -0.05) is 61.5 Å². The average molecular weight is 396 g/mol. The Morgan fingerprint density at radius 2 is 1.77 bits per heavy atom. The molecule has 1 N–H and O–H groups in total. The maximum absolute atomic E-state index is 13.7. The molecular weight excluding hydrogens is 372 g/mol. The number of amides is 2. The van der Waals surface area contributed by atoms with Crippen molar-refractivity contribution in [2.45, 2.75) is 31.7 Å². The first-order valence-electron chi connectivity index (χ1n) is 10.5. The third-order valence-electron chi connectivity index (χ3n) is 6.32. The van der Waals surface area contributed by atoms with Crippen molar-refractivity contribution < 1.29 is 9.59 Å². The van der Waals surface area contributed by atoms with E-state index in [0.717, 1.165) is 29.7 Å². The summed E-state index contributed by atoms with van der Waals surface area (Å²) in [6.07, 6.45) is 1.72. The van der Waals surface area contributed by atoms with Crippen LogP contribution in [0.1, 0.15) is 51.5 Å². The molecule has 5 rings (SSSR count). The maximum atomic E-state index is 13.7. The monoisotopic (exact) mass is 396 g/mol. The molecule has 0 aliphatic carbocycles. The van der Waals surface area contributed by atoms with Crippen LogP contribution in [0, 0.1) is 0 Å². The SMILES string of the molecule is CCc1cccc(NC(=O)[C@H]2c3ccccc3C(=O)N3CCc4ccccc4[C@H]23)c1. The highest BCUT2D eigenvalue weighted by Crippen LogP contribution is 2.46. The Kier molecular flexibility index (Phi) is 4.62. The molecule has 0 saturated carbocycles. The summed E-state index contributed by atoms with van der Waals surface area (Å²) >= 11 is 0. The molecule has 0 saturated heterocycles. The van der Waals surface area contributed by atoms with Crippen molar-refractivity contribution in [1.82, 2.24) is 4.90 Å². The zero-order chi connectivity index (χ0) is 20.7. The molecule has 3 aromatic carbocycles. The molecule has 2 amide bonds. The fraction of sp³-hybridized carbons (Fsp3) is 0.231. The number of rotatable bonds is 3. The Labute approximate surface area is 176 Å². The first kappa shape index (κ1) is 18.6. The van der Waals surface area contributed by atoms with Crippen molar-refractivity contribution in [2.75, 3.05) is 11.9 Å². The average Bonchev–Trinajstić information content (AvgIpc) is 2.79. The van der Waals surface area contributed by atoms with E-state index in [-0.39, 0.29) is 17.9 Å². The van der Waals surface area contributed by atoms with Crippen molar-refractivity contribution in [3.8, 4) is 0 Å². The van der Waals surface area contributed by atoms with E-state index >= 15 is 0 Å². The highest BCUT2D eigenvalue weighted by Gasteiger charge is 2.46. The Hall–Kier alpha value is -3.40. The first-order chi connectivity index (χ1) is 14.7. The molecule has 150 valence electrons. The molecule has 3 aromatic rings. The third kappa shape index (κ3) is 3.00. The number of hydrogen-bond acceptors (Lipinski definition) is 2. The summed E-state index contributed by atoms with van der Waals surface area (Å²) in [5, 5.41) is 3.13. The number of nitrogens with one attached hydrogen (secondary N) is 1. The third-order valence-corrected chi connectivity index (χ3v) is 6.32. The maximum Gasteiger partial charge on any atom is 0.254 e. The van der Waals surface area contributed by atoms with Crippen LogP contribution in [0.2, 0.25) is 0 Å². The van der Waals surface area contributed by atoms with E-state index in [4.69, 9.17) is 0 Å². The van der Waals surface area contributed by atoms with E-state index in [1.807, 2.05) is 59.5 Å². The molecule has 0 fully saturated rings. The Morgan fingerprint density at radius 3 is 2.60 bits per heavy atom. The second-order valence-corrected chi connectivity index (χ2v) is 8.00. The van der Waals surface area contributed by atoms with Crippen LogP contribution in [0.25, 0.3) is 0 Å². The van der Waals surface area contributed by atoms with Crippen LogP contribution in [-0.2, 0) is 17.6 Å². The van der Waals surface area contributed by atoms with Gasteiger partial charge in [0.2, 0.25) is 5.91 Å². The van der Waals surface area contributed by atoms with Gasteiger partial charge in [0.15, 0.2) is 0 Å². The van der Waals surface area contributed by atoms with E-state index < -0.39 is 5.92 Å². The Balaban J connectivity index is 1.61. The van der Waals surface area contributed by atoms with E-state index in [0.29, 0.717) is 12.1 Å². The standard InChI is InChI=1S/C26H24N2O2/c1-2-17-8-7-10-19(16-17)27-25(29)23-21-12-5-6-13-22(21)26(30)28-15-14-18-9-3-4-11-20(18)24(23)28/h3-13,16,23-24H,2,14-15H2,1H3,(H,27,29)/t23-,24+/m0/s1. The molecule has 2 aliphatic heterocycles. The molecule has 4 heteroatoms. The normalized spacial score (nSPS) is 19.5. The molecule has 2 aliphatic rings. The number of fused-ring (bicyclic) bond motifs is 4. The number of anilines is 1. The van der Waals surface area contributed by atoms with Crippen LogP contribution in [0.15, 0.2) is 72.8 Å². The van der Waals surface area contributed by atoms with Crippen molar-refractivity contribution in [2.24, 2.45) is 0 Å². The van der Waals surface area contributed by atoms with Gasteiger partial charge >= 0.3 is 0 Å². The van der Waals surface area contributed by atoms with Crippen molar-refractivity contribution >= 4 is 17.5 Å². The minimum Gasteiger partial charge on any atom is -0.330 e. The molecule has 0 aromatic heterocycles. The highest BCUT2D eigenvalue weighted by atomic mass is 16.2. The lowest BCUT2D eigenvalue weighted by molar-refractivity contribution is -0.119. The lowest BCUT2D eigenvalue weighted by atomic mass is 9.76. The Morgan fingerprint density at radius 1 is 1.00 bits per heavy atom. The van der Waals surface area contributed by atoms with Gasteiger partial charge in [-0.3, -0.25) is 9.59 Å². The number of benzene rings is 3. The van der Waals surface area contributed by atoms with Crippen molar-refractivity contribution in [3.05, 3.63) is 101 Å². The Bertz CT molecular complexity index is 1140. The van der Waals surface area contributed by atoms with E-state index in [1.54, 1.807) is 0 Å². The first-order valence-corrected chi connectivity index (χ1v) is 10.5. The molecule has 0 unspecified atom stereocenters. The van der Waals surface area contributed by atoms with Crippen LogP contribution in [-0.4, -0.2) is 23.3 Å². The summed E-state index contributed by atoms with van der Waals surface area (Å²) in [6.45, 7) is 2.73. The summed E-state index contributed by atoms with van der Waals surface area (Å²) in [5.74, 6) is -0.511. The van der Waals surface area contributed by atoms with Gasteiger partial charge in [0.05, 0.1) is 12.0 Å². The molecule has 0 spiro atoms. The summed E-state index contributed by atoms with van der Waals surface area (Å²) in [5.41, 5.74) is 5.71. The fourth-order valence-corrected chi connectivity index (χ4v) is 4.85. The second kappa shape index (κ2) is 7.45. The van der Waals surface area contributed by atoms with Gasteiger partial charge in [-0.05, 0) is 53.3 Å². The van der Waals surface area contributed by atoms with Crippen molar-refractivity contribution in [1.29, 1.82) is 0 Å². The van der Waals surface area contributed by atoms with Crippen LogP contribution in [0.5, 0.6) is 0 Å². The lowest BCUT2D eigenvalue weighted by Gasteiger charge is -2.45. The summed E-state index contributed by atoms with van der Waals surface area (Å²) in [6, 6.07) is 23.4. The number of aryl methyl sites for hydroxylation is 1. The number of carbonyl (C=O) groups excluding carboxylic acids is 2. The minimum atomic E-state index is -0.453. The quantitative estimate of drug-likeness (QED) is 0.696. The summed E-state index contributed by atoms with van der Waals surface area (Å²) < 4.78 is 0. The molecule has 30 heavy (non-hydrogen) atoms. The summed E-state index contributed by atoms with van der Waals surface area (Å²) in [7, 11) is 0. The molecular formula is C26H24N2O2. The fourth-order valence-electron chi connectivity index (χ4n) is 4.85. The molecule has 0 radical (unpaired) electrons. The van der Waals surface area contributed by atoms with Gasteiger partial charge in [0, 0.05) is 17.8 Å². The van der Waals surface area contributed by atoms with Gasteiger partial charge in [-0.2, -0.15) is 0 Å². The minimum absolute atomic E-state index is 0.0159. The van der Waals surface area contributed by atoms with E-state index in [9.17, 15) is 9.59 Å². The van der Waals surface area contributed by atoms with Gasteiger partial charge in [-0.25, -0.2) is 0 Å². The predicted octanol–water partition coefficient (Wildman–Crippen LogP) is 4.72. The van der Waals surface area contributed by atoms with Gasteiger partial charge in [-0.15, -0.1) is 0 Å². The van der Waals surface area contributed by atoms with Gasteiger partial charge in [0.1, 0.15) is 0 Å². The van der Waals surface area contributed by atoms with Crippen LogP contribution in [0.3, 0.4) is 0 Å². The second-order valence-electron chi connectivity index (χ2n) is 8.00. The highest BCUT2D eigenvalue weighted by molar-refractivity contribution is 6.04. The van der Waals surface area contributed by atoms with Crippen LogP contribution in [0.4, 0.5) is 5.69 Å². The lowest BCUT2D eigenvalue weighted by Crippen LogP contribution is -2.49. The number of nitrogens with zero attached hydrogens (tertiary/aromatic N) is 1. The van der Waals surface area contributed by atoms with Crippen LogP contribution >= 0.6 is 0 Å². The topological polar surface area (TPSA) is 49.4 Å². The molecule has 4 nitrogen and oxygen atoms in total. The largest absolute Gasteiger partial charge is 0.330 e. The number of hydrogen-bond donors (Lipinski definition) is 1. The van der Waals surface area contributed by atoms with Gasteiger partial charge < -0.3 is 10.2 Å². The summed E-state index contributed by atoms with van der Waals surface area (Å²) in [4.78, 5) is 28.8. The molecule has 2 heterocycles. The van der Waals surface area contributed by atoms with E-state index in [1.165, 1.54) is 11.1 Å². The van der Waals surface area contributed by atoms with Gasteiger partial charge in [0.25, 0.3) is 5.91 Å². The van der Waals surface area contributed by atoms with E-state index in [2.05, 4.69) is 30.4 Å². The zero-order valence-electron chi connectivity index (χ0n) is 17.0. The molecule has 2 atom stereocenters.